The van der Waals surface area contributed by atoms with E-state index >= 15 is 0 Å². The number of aliphatic carboxylic acids is 1. The van der Waals surface area contributed by atoms with E-state index in [1.165, 1.54) is 11.8 Å². The van der Waals surface area contributed by atoms with Crippen LogP contribution in [0.4, 0.5) is 0 Å². The largest absolute Gasteiger partial charge is 0.505 e. The summed E-state index contributed by atoms with van der Waals surface area (Å²) in [6.07, 6.45) is 2.05. The average Bonchev–Trinajstić information content (AvgIpc) is 2.58. The third-order valence-corrected chi connectivity index (χ3v) is 4.23. The molecule has 0 aliphatic carbocycles. The number of carbonyl (C=O) groups excluding carboxylic acids is 1. The van der Waals surface area contributed by atoms with Crippen molar-refractivity contribution in [1.29, 1.82) is 0 Å². The van der Waals surface area contributed by atoms with Crippen LogP contribution < -0.4 is 10.9 Å². The second-order valence-corrected chi connectivity index (χ2v) is 6.60. The van der Waals surface area contributed by atoms with Crippen molar-refractivity contribution in [3.8, 4) is 11.4 Å². The van der Waals surface area contributed by atoms with E-state index in [0.29, 0.717) is 11.4 Å². The van der Waals surface area contributed by atoms with Gasteiger partial charge in [-0.25, -0.2) is 4.79 Å². The topological polar surface area (TPSA) is 122 Å². The maximum atomic E-state index is 12.4. The van der Waals surface area contributed by atoms with E-state index in [0.717, 1.165) is 16.3 Å². The second kappa shape index (κ2) is 8.52. The Morgan fingerprint density at radius 2 is 2.08 bits per heavy atom. The minimum Gasteiger partial charge on any atom is -0.505 e. The van der Waals surface area contributed by atoms with Gasteiger partial charge in [-0.05, 0) is 43.0 Å². The van der Waals surface area contributed by atoms with E-state index in [1.54, 1.807) is 18.2 Å². The predicted molar refractivity (Wildman–Crippen MR) is 98.1 cm³/mol. The number of nitrogens with zero attached hydrogens (tertiary/aromatic N) is 2. The van der Waals surface area contributed by atoms with Crippen molar-refractivity contribution in [3.05, 3.63) is 51.9 Å². The van der Waals surface area contributed by atoms with Gasteiger partial charge in [-0.2, -0.15) is 21.5 Å². The van der Waals surface area contributed by atoms with Crippen molar-refractivity contribution in [3.63, 3.8) is 0 Å². The number of thioether (sulfide) groups is 1. The number of rotatable bonds is 7. The van der Waals surface area contributed by atoms with E-state index < -0.39 is 34.9 Å². The highest BCUT2D eigenvalue weighted by molar-refractivity contribution is 7.98. The summed E-state index contributed by atoms with van der Waals surface area (Å²) >= 11 is 1.45. The molecule has 1 heterocycles. The van der Waals surface area contributed by atoms with Gasteiger partial charge in [-0.3, -0.25) is 9.59 Å². The molecule has 26 heavy (non-hydrogen) atoms. The van der Waals surface area contributed by atoms with Crippen LogP contribution >= 0.6 is 11.8 Å². The zero-order valence-electron chi connectivity index (χ0n) is 14.3. The highest BCUT2D eigenvalue weighted by Crippen LogP contribution is 2.14. The molecular formula is C17H19N3O5S. The number of hydrogen-bond acceptors (Lipinski definition) is 6. The molecule has 0 fully saturated rings. The summed E-state index contributed by atoms with van der Waals surface area (Å²) in [5.74, 6) is -2.11. The van der Waals surface area contributed by atoms with Crippen LogP contribution in [-0.4, -0.2) is 49.9 Å². The summed E-state index contributed by atoms with van der Waals surface area (Å²) < 4.78 is 0.985. The lowest BCUT2D eigenvalue weighted by Crippen LogP contribution is -2.42. The Morgan fingerprint density at radius 3 is 2.69 bits per heavy atom. The molecule has 1 unspecified atom stereocenters. The van der Waals surface area contributed by atoms with E-state index in [9.17, 15) is 24.6 Å². The highest BCUT2D eigenvalue weighted by atomic mass is 32.2. The molecule has 0 aliphatic heterocycles. The molecule has 0 radical (unpaired) electrons. The third-order valence-electron chi connectivity index (χ3n) is 3.59. The number of amides is 1. The number of carboxylic acids is 1. The molecule has 138 valence electrons. The molecule has 1 atom stereocenters. The van der Waals surface area contributed by atoms with Crippen molar-refractivity contribution >= 4 is 23.6 Å². The number of aromatic hydroxyl groups is 1. The monoisotopic (exact) mass is 377 g/mol. The summed E-state index contributed by atoms with van der Waals surface area (Å²) in [6, 6.07) is 6.67. The molecule has 9 heteroatoms. The lowest BCUT2D eigenvalue weighted by Gasteiger charge is -2.14. The van der Waals surface area contributed by atoms with Crippen LogP contribution in [0.25, 0.3) is 5.69 Å². The summed E-state index contributed by atoms with van der Waals surface area (Å²) in [5, 5.41) is 25.4. The first kappa shape index (κ1) is 19.5. The molecule has 1 aromatic heterocycles. The molecule has 0 spiro atoms. The molecule has 0 aliphatic rings. The van der Waals surface area contributed by atoms with E-state index in [4.69, 9.17) is 0 Å². The molecule has 1 aromatic carbocycles. The first-order chi connectivity index (χ1) is 12.3. The Kier molecular flexibility index (Phi) is 6.40. The predicted octanol–water partition coefficient (Wildman–Crippen LogP) is 1.18. The lowest BCUT2D eigenvalue weighted by atomic mass is 10.2. The summed E-state index contributed by atoms with van der Waals surface area (Å²) in [7, 11) is 0. The minimum absolute atomic E-state index is 0.223. The van der Waals surface area contributed by atoms with Gasteiger partial charge in [-0.1, -0.05) is 12.1 Å². The Labute approximate surface area is 153 Å². The fourth-order valence-corrected chi connectivity index (χ4v) is 2.74. The van der Waals surface area contributed by atoms with Crippen molar-refractivity contribution in [1.82, 2.24) is 15.1 Å². The van der Waals surface area contributed by atoms with E-state index in [2.05, 4.69) is 10.4 Å². The number of aromatic nitrogens is 2. The zero-order chi connectivity index (χ0) is 19.3. The van der Waals surface area contributed by atoms with Crippen LogP contribution in [0.1, 0.15) is 22.5 Å². The highest BCUT2D eigenvalue weighted by Gasteiger charge is 2.24. The van der Waals surface area contributed by atoms with Gasteiger partial charge in [-0.15, -0.1) is 0 Å². The fraction of sp³-hybridized carbons (Fsp3) is 0.294. The van der Waals surface area contributed by atoms with Gasteiger partial charge in [0.2, 0.25) is 0 Å². The van der Waals surface area contributed by atoms with E-state index in [1.807, 2.05) is 19.2 Å². The summed E-state index contributed by atoms with van der Waals surface area (Å²) in [5.41, 5.74) is 0.294. The number of hydrogen-bond donors (Lipinski definition) is 3. The lowest BCUT2D eigenvalue weighted by molar-refractivity contribution is -0.139. The Morgan fingerprint density at radius 1 is 1.35 bits per heavy atom. The first-order valence-electron chi connectivity index (χ1n) is 7.76. The molecule has 3 N–H and O–H groups in total. The van der Waals surface area contributed by atoms with Crippen LogP contribution in [0.3, 0.4) is 0 Å². The maximum absolute atomic E-state index is 12.4. The molecule has 0 saturated carbocycles. The van der Waals surface area contributed by atoms with Crippen LogP contribution in [-0.2, 0) is 4.79 Å². The maximum Gasteiger partial charge on any atom is 0.326 e. The first-order valence-corrected chi connectivity index (χ1v) is 9.16. The smallest absolute Gasteiger partial charge is 0.326 e. The van der Waals surface area contributed by atoms with Crippen molar-refractivity contribution < 1.29 is 19.8 Å². The molecule has 2 aromatic rings. The molecule has 2 rings (SSSR count). The Bertz CT molecular complexity index is 881. The molecule has 0 bridgehead atoms. The van der Waals surface area contributed by atoms with Crippen LogP contribution in [0.2, 0.25) is 0 Å². The number of benzene rings is 1. The van der Waals surface area contributed by atoms with E-state index in [-0.39, 0.29) is 6.42 Å². The second-order valence-electron chi connectivity index (χ2n) is 5.61. The molecule has 8 nitrogen and oxygen atoms in total. The molecular weight excluding hydrogens is 358 g/mol. The van der Waals surface area contributed by atoms with Crippen LogP contribution in [0.15, 0.2) is 35.1 Å². The fourth-order valence-electron chi connectivity index (χ4n) is 2.27. The normalized spacial score (nSPS) is 11.8. The quantitative estimate of drug-likeness (QED) is 0.662. The zero-order valence-corrected chi connectivity index (χ0v) is 15.1. The number of carboxylic acid groups (broad SMARTS) is 1. The number of nitrogens with one attached hydrogen (secondary N) is 1. The minimum atomic E-state index is -1.18. The van der Waals surface area contributed by atoms with Crippen LogP contribution in [0.5, 0.6) is 5.75 Å². The van der Waals surface area contributed by atoms with Gasteiger partial charge in [0.25, 0.3) is 11.5 Å². The van der Waals surface area contributed by atoms with Gasteiger partial charge < -0.3 is 15.5 Å². The van der Waals surface area contributed by atoms with Gasteiger partial charge >= 0.3 is 5.97 Å². The van der Waals surface area contributed by atoms with Gasteiger partial charge in [0.1, 0.15) is 6.04 Å². The molecule has 0 saturated heterocycles. The summed E-state index contributed by atoms with van der Waals surface area (Å²) in [4.78, 5) is 35.8. The SMILES string of the molecule is CSCCC(NC(=O)c1nn(-c2cccc(C)c2)c(=O)cc1O)C(=O)O. The number of carbonyl (C=O) groups is 2. The average molecular weight is 377 g/mol. The molecule has 1 amide bonds. The Hall–Kier alpha value is -2.81. The third kappa shape index (κ3) is 4.63. The van der Waals surface area contributed by atoms with Crippen LogP contribution in [0, 0.1) is 6.92 Å². The van der Waals surface area contributed by atoms with Crippen molar-refractivity contribution in [2.24, 2.45) is 0 Å². The standard InChI is InChI=1S/C17H19N3O5S/c1-10-4-3-5-11(8-10)20-14(22)9-13(21)15(19-20)16(23)18-12(17(24)25)6-7-26-2/h3-5,8-9,12,21H,6-7H2,1-2H3,(H,18,23)(H,24,25). The van der Waals surface area contributed by atoms with Gasteiger partial charge in [0.05, 0.1) is 5.69 Å². The van der Waals surface area contributed by atoms with Crippen molar-refractivity contribution in [2.45, 2.75) is 19.4 Å². The van der Waals surface area contributed by atoms with Crippen molar-refractivity contribution in [2.75, 3.05) is 12.0 Å². The summed E-state index contributed by atoms with van der Waals surface area (Å²) in [6.45, 7) is 1.84. The van der Waals surface area contributed by atoms with Gasteiger partial charge in [0.15, 0.2) is 11.4 Å². The number of aryl methyl sites for hydroxylation is 1. The Balaban J connectivity index is 2.37. The van der Waals surface area contributed by atoms with Gasteiger partial charge in [0, 0.05) is 6.07 Å².